The zero-order valence-electron chi connectivity index (χ0n) is 11.6. The van der Waals surface area contributed by atoms with Gasteiger partial charge in [-0.2, -0.15) is 5.10 Å². The van der Waals surface area contributed by atoms with Crippen LogP contribution < -0.4 is 0 Å². The zero-order chi connectivity index (χ0) is 14.9. The quantitative estimate of drug-likeness (QED) is 0.939. The van der Waals surface area contributed by atoms with E-state index in [1.165, 1.54) is 0 Å². The molecule has 0 amide bonds. The highest BCUT2D eigenvalue weighted by atomic mass is 35.5. The Balaban J connectivity index is 2.34. The van der Waals surface area contributed by atoms with Crippen molar-refractivity contribution in [1.82, 2.24) is 14.8 Å². The molecule has 0 aliphatic carbocycles. The largest absolute Gasteiger partial charge is 0.388 e. The average Bonchev–Trinajstić information content (AvgIpc) is 2.69. The highest BCUT2D eigenvalue weighted by Crippen LogP contribution is 2.33. The summed E-state index contributed by atoms with van der Waals surface area (Å²) < 4.78 is 1.59. The first-order chi connectivity index (χ1) is 9.41. The van der Waals surface area contributed by atoms with Gasteiger partial charge in [0.25, 0.3) is 0 Å². The Kier molecular flexibility index (Phi) is 4.68. The van der Waals surface area contributed by atoms with Gasteiger partial charge in [-0.25, -0.2) is 0 Å². The van der Waals surface area contributed by atoms with Gasteiger partial charge in [-0.15, -0.1) is 0 Å². The van der Waals surface area contributed by atoms with Crippen LogP contribution in [0, 0.1) is 0 Å². The van der Waals surface area contributed by atoms with E-state index in [9.17, 15) is 5.11 Å². The third kappa shape index (κ3) is 2.97. The Hall–Kier alpha value is -1.10. The van der Waals surface area contributed by atoms with E-state index in [0.29, 0.717) is 22.2 Å². The molecule has 0 radical (unpaired) electrons. The average molecular weight is 314 g/mol. The predicted octanol–water partition coefficient (Wildman–Crippen LogP) is 3.52. The molecule has 6 heteroatoms. The van der Waals surface area contributed by atoms with Crippen molar-refractivity contribution in [1.29, 1.82) is 0 Å². The lowest BCUT2D eigenvalue weighted by Crippen LogP contribution is -2.06. The third-order valence-electron chi connectivity index (χ3n) is 3.19. The molecule has 0 saturated heterocycles. The number of pyridine rings is 1. The van der Waals surface area contributed by atoms with Gasteiger partial charge in [0.1, 0.15) is 5.15 Å². The summed E-state index contributed by atoms with van der Waals surface area (Å²) in [4.78, 5) is 3.94. The molecule has 4 nitrogen and oxygen atoms in total. The molecule has 0 spiro atoms. The Morgan fingerprint density at radius 1 is 1.35 bits per heavy atom. The number of rotatable bonds is 4. The molecular formula is C14H17Cl2N3O. The van der Waals surface area contributed by atoms with E-state index in [0.717, 1.165) is 11.3 Å². The minimum atomic E-state index is -0.742. The fourth-order valence-electron chi connectivity index (χ4n) is 2.15. The molecule has 0 fully saturated rings. The Morgan fingerprint density at radius 3 is 2.65 bits per heavy atom. The summed E-state index contributed by atoms with van der Waals surface area (Å²) in [6.45, 7) is 4.04. The Bertz CT molecular complexity index is 610. The first kappa shape index (κ1) is 15.3. The van der Waals surface area contributed by atoms with Crippen molar-refractivity contribution in [3.8, 4) is 0 Å². The van der Waals surface area contributed by atoms with Crippen LogP contribution in [0.1, 0.15) is 42.7 Å². The Labute approximate surface area is 128 Å². The first-order valence-electron chi connectivity index (χ1n) is 6.40. The van der Waals surface area contributed by atoms with Crippen LogP contribution in [0.5, 0.6) is 0 Å². The smallest absolute Gasteiger partial charge is 0.132 e. The summed E-state index contributed by atoms with van der Waals surface area (Å²) in [5.74, 6) is 0.186. The number of hydrogen-bond acceptors (Lipinski definition) is 3. The van der Waals surface area contributed by atoms with Gasteiger partial charge in [0.2, 0.25) is 0 Å². The summed E-state index contributed by atoms with van der Waals surface area (Å²) in [5.41, 5.74) is 2.33. The molecule has 2 heterocycles. The number of nitrogens with zero attached hydrogens (tertiary/aromatic N) is 3. The summed E-state index contributed by atoms with van der Waals surface area (Å²) in [7, 11) is 1.77. The van der Waals surface area contributed by atoms with Gasteiger partial charge in [0.15, 0.2) is 0 Å². The molecule has 0 saturated carbocycles. The van der Waals surface area contributed by atoms with Gasteiger partial charge in [-0.05, 0) is 17.5 Å². The fourth-order valence-corrected chi connectivity index (χ4v) is 2.61. The molecular weight excluding hydrogens is 297 g/mol. The molecule has 0 aromatic carbocycles. The molecule has 1 N–H and O–H groups in total. The van der Waals surface area contributed by atoms with Gasteiger partial charge >= 0.3 is 0 Å². The van der Waals surface area contributed by atoms with Crippen LogP contribution in [0.25, 0.3) is 0 Å². The van der Waals surface area contributed by atoms with Crippen LogP contribution in [-0.2, 0) is 13.5 Å². The fraction of sp³-hybridized carbons (Fsp3) is 0.429. The zero-order valence-corrected chi connectivity index (χ0v) is 13.2. The molecule has 1 unspecified atom stereocenters. The molecule has 0 aliphatic rings. The van der Waals surface area contributed by atoms with E-state index in [1.807, 2.05) is 13.8 Å². The van der Waals surface area contributed by atoms with Gasteiger partial charge in [-0.1, -0.05) is 37.0 Å². The van der Waals surface area contributed by atoms with Crippen LogP contribution in [0.3, 0.4) is 0 Å². The normalized spacial score (nSPS) is 12.9. The SMILES string of the molecule is CC(C)c1nn(C)c(Cl)c1C(O)Cc1ccncc1Cl. The maximum atomic E-state index is 10.5. The third-order valence-corrected chi connectivity index (χ3v) is 3.98. The number of aliphatic hydroxyl groups is 1. The van der Waals surface area contributed by atoms with Crippen molar-refractivity contribution in [2.45, 2.75) is 32.3 Å². The molecule has 2 aromatic rings. The predicted molar refractivity (Wildman–Crippen MR) is 80.2 cm³/mol. The van der Waals surface area contributed by atoms with Crippen LogP contribution in [-0.4, -0.2) is 19.9 Å². The second-order valence-corrected chi connectivity index (χ2v) is 5.82. The highest BCUT2D eigenvalue weighted by Gasteiger charge is 2.24. The maximum Gasteiger partial charge on any atom is 0.132 e. The van der Waals surface area contributed by atoms with Crippen molar-refractivity contribution in [3.05, 3.63) is 45.5 Å². The lowest BCUT2D eigenvalue weighted by Gasteiger charge is -2.14. The number of halogens is 2. The molecule has 2 rings (SSSR count). The summed E-state index contributed by atoms with van der Waals surface area (Å²) in [6, 6.07) is 1.80. The monoisotopic (exact) mass is 313 g/mol. The summed E-state index contributed by atoms with van der Waals surface area (Å²) in [5, 5.41) is 15.9. The standard InChI is InChI=1S/C14H17Cl2N3O/c1-8(2)13-12(14(16)19(3)18-13)11(20)6-9-4-5-17-7-10(9)15/h4-5,7-8,11,20H,6H2,1-3H3. The van der Waals surface area contributed by atoms with Crippen LogP contribution in [0.2, 0.25) is 10.2 Å². The Morgan fingerprint density at radius 2 is 2.05 bits per heavy atom. The second-order valence-electron chi connectivity index (χ2n) is 5.06. The van der Waals surface area contributed by atoms with Crippen molar-refractivity contribution >= 4 is 23.2 Å². The molecule has 108 valence electrons. The van der Waals surface area contributed by atoms with Gasteiger partial charge in [0, 0.05) is 31.4 Å². The summed E-state index contributed by atoms with van der Waals surface area (Å²) >= 11 is 12.3. The summed E-state index contributed by atoms with van der Waals surface area (Å²) in [6.07, 6.45) is 2.86. The van der Waals surface area contributed by atoms with Crippen molar-refractivity contribution in [2.24, 2.45) is 7.05 Å². The molecule has 2 aromatic heterocycles. The maximum absolute atomic E-state index is 10.5. The first-order valence-corrected chi connectivity index (χ1v) is 7.16. The number of hydrogen-bond donors (Lipinski definition) is 1. The van der Waals surface area contributed by atoms with Gasteiger partial charge in [-0.3, -0.25) is 9.67 Å². The topological polar surface area (TPSA) is 50.9 Å². The van der Waals surface area contributed by atoms with Gasteiger partial charge < -0.3 is 5.11 Å². The minimum absolute atomic E-state index is 0.186. The van der Waals surface area contributed by atoms with E-state index in [2.05, 4.69) is 10.1 Å². The van der Waals surface area contributed by atoms with E-state index < -0.39 is 6.10 Å². The number of aliphatic hydroxyl groups excluding tert-OH is 1. The molecule has 1 atom stereocenters. The lowest BCUT2D eigenvalue weighted by molar-refractivity contribution is 0.177. The molecule has 0 bridgehead atoms. The van der Waals surface area contributed by atoms with Crippen molar-refractivity contribution in [2.75, 3.05) is 0 Å². The van der Waals surface area contributed by atoms with E-state index in [4.69, 9.17) is 23.2 Å². The molecule has 0 aliphatic heterocycles. The van der Waals surface area contributed by atoms with Crippen molar-refractivity contribution in [3.63, 3.8) is 0 Å². The van der Waals surface area contributed by atoms with E-state index >= 15 is 0 Å². The van der Waals surface area contributed by atoms with Crippen molar-refractivity contribution < 1.29 is 5.11 Å². The second kappa shape index (κ2) is 6.12. The van der Waals surface area contributed by atoms with Gasteiger partial charge in [0.05, 0.1) is 16.8 Å². The van der Waals surface area contributed by atoms with Crippen LogP contribution in [0.15, 0.2) is 18.5 Å². The molecule has 20 heavy (non-hydrogen) atoms. The van der Waals surface area contributed by atoms with Crippen LogP contribution >= 0.6 is 23.2 Å². The van der Waals surface area contributed by atoms with E-state index in [1.54, 1.807) is 30.2 Å². The number of aryl methyl sites for hydroxylation is 1. The van der Waals surface area contributed by atoms with E-state index in [-0.39, 0.29) is 5.92 Å². The minimum Gasteiger partial charge on any atom is -0.388 e. The number of aromatic nitrogens is 3. The lowest BCUT2D eigenvalue weighted by atomic mass is 9.98. The highest BCUT2D eigenvalue weighted by molar-refractivity contribution is 6.31. The van der Waals surface area contributed by atoms with Crippen LogP contribution in [0.4, 0.5) is 0 Å².